The summed E-state index contributed by atoms with van der Waals surface area (Å²) >= 11 is 5.26. The summed E-state index contributed by atoms with van der Waals surface area (Å²) < 4.78 is 0. The second-order valence-electron chi connectivity index (χ2n) is 3.63. The number of hydrogen-bond acceptors (Lipinski definition) is 1. The standard InChI is InChI=1S/C15H11ClO/c16-15(17)10-9-12-5-4-8-14(11-12)13-6-2-1-3-7-13/h1-11H/b10-9+. The summed E-state index contributed by atoms with van der Waals surface area (Å²) in [7, 11) is 0. The van der Waals surface area contributed by atoms with Gasteiger partial charge in [-0.05, 0) is 40.4 Å². The smallest absolute Gasteiger partial charge is 0.245 e. The largest absolute Gasteiger partial charge is 0.276 e. The van der Waals surface area contributed by atoms with E-state index in [1.807, 2.05) is 42.5 Å². The minimum atomic E-state index is -0.463. The molecule has 0 atom stereocenters. The molecule has 0 aliphatic heterocycles. The van der Waals surface area contributed by atoms with E-state index in [-0.39, 0.29) is 0 Å². The van der Waals surface area contributed by atoms with E-state index in [0.29, 0.717) is 0 Å². The first-order valence-electron chi connectivity index (χ1n) is 5.29. The molecule has 2 heteroatoms. The Morgan fingerprint density at radius 2 is 1.65 bits per heavy atom. The van der Waals surface area contributed by atoms with E-state index in [4.69, 9.17) is 11.6 Å². The van der Waals surface area contributed by atoms with Crippen molar-refractivity contribution in [3.63, 3.8) is 0 Å². The third kappa shape index (κ3) is 3.30. The van der Waals surface area contributed by atoms with Crippen molar-refractivity contribution in [2.24, 2.45) is 0 Å². The van der Waals surface area contributed by atoms with Crippen molar-refractivity contribution < 1.29 is 4.79 Å². The molecule has 0 aliphatic carbocycles. The molecule has 2 aromatic carbocycles. The molecule has 0 N–H and O–H groups in total. The van der Waals surface area contributed by atoms with Crippen molar-refractivity contribution in [1.29, 1.82) is 0 Å². The Labute approximate surface area is 105 Å². The van der Waals surface area contributed by atoms with Gasteiger partial charge >= 0.3 is 0 Å². The first kappa shape index (κ1) is 11.6. The lowest BCUT2D eigenvalue weighted by Gasteiger charge is -2.02. The maximum atomic E-state index is 10.7. The van der Waals surface area contributed by atoms with Gasteiger partial charge in [0.1, 0.15) is 0 Å². The van der Waals surface area contributed by atoms with Gasteiger partial charge in [0.05, 0.1) is 0 Å². The van der Waals surface area contributed by atoms with Gasteiger partial charge in [0.15, 0.2) is 0 Å². The Kier molecular flexibility index (Phi) is 3.73. The Balaban J connectivity index is 2.32. The molecule has 2 aromatic rings. The van der Waals surface area contributed by atoms with Crippen LogP contribution >= 0.6 is 11.6 Å². The fourth-order valence-electron chi connectivity index (χ4n) is 1.61. The maximum absolute atomic E-state index is 10.7. The molecule has 0 heterocycles. The van der Waals surface area contributed by atoms with Crippen LogP contribution in [-0.2, 0) is 4.79 Å². The first-order chi connectivity index (χ1) is 8.25. The summed E-state index contributed by atoms with van der Waals surface area (Å²) in [4.78, 5) is 10.7. The lowest BCUT2D eigenvalue weighted by atomic mass is 10.0. The van der Waals surface area contributed by atoms with E-state index >= 15 is 0 Å². The second kappa shape index (κ2) is 5.46. The zero-order valence-corrected chi connectivity index (χ0v) is 9.89. The van der Waals surface area contributed by atoms with E-state index in [2.05, 4.69) is 12.1 Å². The molecule has 0 radical (unpaired) electrons. The first-order valence-corrected chi connectivity index (χ1v) is 5.66. The molecule has 0 unspecified atom stereocenters. The lowest BCUT2D eigenvalue weighted by molar-refractivity contribution is -0.107. The van der Waals surface area contributed by atoms with Crippen LogP contribution < -0.4 is 0 Å². The van der Waals surface area contributed by atoms with E-state index in [1.165, 1.54) is 6.08 Å². The van der Waals surface area contributed by atoms with Gasteiger partial charge in [-0.1, -0.05) is 54.6 Å². The van der Waals surface area contributed by atoms with Crippen LogP contribution in [0.5, 0.6) is 0 Å². The predicted octanol–water partition coefficient (Wildman–Crippen LogP) is 4.13. The van der Waals surface area contributed by atoms with Crippen molar-refractivity contribution in [2.75, 3.05) is 0 Å². The lowest BCUT2D eigenvalue weighted by Crippen LogP contribution is -1.80. The molecule has 0 amide bonds. The minimum absolute atomic E-state index is 0.463. The average Bonchev–Trinajstić information content (AvgIpc) is 2.38. The van der Waals surface area contributed by atoms with Crippen LogP contribution in [0.15, 0.2) is 60.7 Å². The van der Waals surface area contributed by atoms with Crippen LogP contribution in [0.4, 0.5) is 0 Å². The van der Waals surface area contributed by atoms with Crippen molar-refractivity contribution in [1.82, 2.24) is 0 Å². The van der Waals surface area contributed by atoms with E-state index in [0.717, 1.165) is 16.7 Å². The summed E-state index contributed by atoms with van der Waals surface area (Å²) in [6, 6.07) is 18.0. The molecule has 0 aromatic heterocycles. The van der Waals surface area contributed by atoms with Gasteiger partial charge in [0.2, 0.25) is 5.24 Å². The van der Waals surface area contributed by atoms with E-state index in [1.54, 1.807) is 6.08 Å². The molecule has 17 heavy (non-hydrogen) atoms. The number of carbonyl (C=O) groups is 1. The Hall–Kier alpha value is -1.86. The van der Waals surface area contributed by atoms with Crippen molar-refractivity contribution in [3.8, 4) is 11.1 Å². The quantitative estimate of drug-likeness (QED) is 0.584. The van der Waals surface area contributed by atoms with Crippen molar-refractivity contribution in [3.05, 3.63) is 66.2 Å². The van der Waals surface area contributed by atoms with Crippen LogP contribution in [0.1, 0.15) is 5.56 Å². The minimum Gasteiger partial charge on any atom is -0.276 e. The fraction of sp³-hybridized carbons (Fsp3) is 0. The van der Waals surface area contributed by atoms with Crippen molar-refractivity contribution in [2.45, 2.75) is 0 Å². The van der Waals surface area contributed by atoms with Gasteiger partial charge in [-0.2, -0.15) is 0 Å². The fourth-order valence-corrected chi connectivity index (χ4v) is 1.68. The van der Waals surface area contributed by atoms with Crippen LogP contribution in [0.2, 0.25) is 0 Å². The summed E-state index contributed by atoms with van der Waals surface area (Å²) in [5.41, 5.74) is 3.23. The maximum Gasteiger partial charge on any atom is 0.245 e. The second-order valence-corrected chi connectivity index (χ2v) is 4.00. The topological polar surface area (TPSA) is 17.1 Å². The highest BCUT2D eigenvalue weighted by Gasteiger charge is 1.96. The molecule has 84 valence electrons. The summed E-state index contributed by atoms with van der Waals surface area (Å²) in [5.74, 6) is 0. The zero-order chi connectivity index (χ0) is 12.1. The normalized spacial score (nSPS) is 10.6. The SMILES string of the molecule is O=C(Cl)/C=C/c1cccc(-c2ccccc2)c1. The van der Waals surface area contributed by atoms with E-state index in [9.17, 15) is 4.79 Å². The highest BCUT2D eigenvalue weighted by atomic mass is 35.5. The van der Waals surface area contributed by atoms with Crippen LogP contribution in [0.3, 0.4) is 0 Å². The van der Waals surface area contributed by atoms with Crippen LogP contribution in [0, 0.1) is 0 Å². The van der Waals surface area contributed by atoms with E-state index < -0.39 is 5.24 Å². The van der Waals surface area contributed by atoms with Gasteiger partial charge in [0, 0.05) is 0 Å². The molecule has 0 aliphatic rings. The number of benzene rings is 2. The molecule has 0 fully saturated rings. The molecule has 0 bridgehead atoms. The summed E-state index contributed by atoms with van der Waals surface area (Å²) in [6.45, 7) is 0. The monoisotopic (exact) mass is 242 g/mol. The van der Waals surface area contributed by atoms with Gasteiger partial charge in [-0.3, -0.25) is 4.79 Å². The zero-order valence-electron chi connectivity index (χ0n) is 9.14. The van der Waals surface area contributed by atoms with Crippen LogP contribution in [0.25, 0.3) is 17.2 Å². The Morgan fingerprint density at radius 3 is 2.35 bits per heavy atom. The average molecular weight is 243 g/mol. The number of halogens is 1. The molecule has 1 nitrogen and oxygen atoms in total. The highest BCUT2D eigenvalue weighted by Crippen LogP contribution is 2.20. The van der Waals surface area contributed by atoms with Gasteiger partial charge in [-0.15, -0.1) is 0 Å². The molecular weight excluding hydrogens is 232 g/mol. The molecular formula is C15H11ClO. The molecule has 0 spiro atoms. The molecule has 0 saturated carbocycles. The molecule has 2 rings (SSSR count). The number of carbonyl (C=O) groups excluding carboxylic acids is 1. The molecule has 0 saturated heterocycles. The van der Waals surface area contributed by atoms with Crippen molar-refractivity contribution >= 4 is 22.9 Å². The summed E-state index contributed by atoms with van der Waals surface area (Å²) in [6.07, 6.45) is 3.06. The van der Waals surface area contributed by atoms with Gasteiger partial charge in [-0.25, -0.2) is 0 Å². The van der Waals surface area contributed by atoms with Crippen LogP contribution in [-0.4, -0.2) is 5.24 Å². The Bertz CT molecular complexity index is 544. The third-order valence-electron chi connectivity index (χ3n) is 2.40. The summed E-state index contributed by atoms with van der Waals surface area (Å²) in [5, 5.41) is -0.463. The Morgan fingerprint density at radius 1 is 0.941 bits per heavy atom. The number of hydrogen-bond donors (Lipinski definition) is 0. The van der Waals surface area contributed by atoms with Gasteiger partial charge in [0.25, 0.3) is 0 Å². The van der Waals surface area contributed by atoms with Gasteiger partial charge < -0.3 is 0 Å². The highest BCUT2D eigenvalue weighted by molar-refractivity contribution is 6.66. The predicted molar refractivity (Wildman–Crippen MR) is 71.8 cm³/mol. The number of rotatable bonds is 3. The third-order valence-corrected chi connectivity index (χ3v) is 2.53. The number of allylic oxidation sites excluding steroid dienone is 1.